The first-order valence-electron chi connectivity index (χ1n) is 5.37. The Bertz CT molecular complexity index is 626. The van der Waals surface area contributed by atoms with E-state index >= 15 is 0 Å². The molecule has 3 N–H and O–H groups in total. The van der Waals surface area contributed by atoms with E-state index in [1.807, 2.05) is 24.6 Å². The second-order valence-corrected chi connectivity index (χ2v) is 5.71. The van der Waals surface area contributed by atoms with Crippen molar-refractivity contribution < 1.29 is 0 Å². The highest BCUT2D eigenvalue weighted by Gasteiger charge is 2.11. The Morgan fingerprint density at radius 1 is 1.47 bits per heavy atom. The normalized spacial score (nSPS) is 10.5. The molecule has 100 valence electrons. The van der Waals surface area contributed by atoms with Gasteiger partial charge in [0.15, 0.2) is 10.3 Å². The van der Waals surface area contributed by atoms with Crippen molar-refractivity contribution in [2.24, 2.45) is 12.8 Å². The van der Waals surface area contributed by atoms with Crippen molar-refractivity contribution in [3.05, 3.63) is 29.0 Å². The molecule has 0 aliphatic heterocycles. The van der Waals surface area contributed by atoms with E-state index in [9.17, 15) is 0 Å². The molecule has 1 aromatic carbocycles. The van der Waals surface area contributed by atoms with Crippen LogP contribution in [-0.2, 0) is 7.05 Å². The molecule has 0 atom stereocenters. The van der Waals surface area contributed by atoms with E-state index in [-0.39, 0.29) is 5.11 Å². The molecule has 0 saturated carbocycles. The molecule has 0 saturated heterocycles. The van der Waals surface area contributed by atoms with Gasteiger partial charge in [-0.15, -0.1) is 10.2 Å². The third-order valence-electron chi connectivity index (χ3n) is 2.45. The maximum atomic E-state index is 5.97. The topological polar surface area (TPSA) is 68.8 Å². The fourth-order valence-corrected chi connectivity index (χ4v) is 2.58. The van der Waals surface area contributed by atoms with Crippen molar-refractivity contribution >= 4 is 46.4 Å². The summed E-state index contributed by atoms with van der Waals surface area (Å²) in [4.78, 5) is 0.924. The Kier molecular flexibility index (Phi) is 4.28. The Balaban J connectivity index is 2.34. The van der Waals surface area contributed by atoms with Crippen LogP contribution in [0.5, 0.6) is 0 Å². The maximum absolute atomic E-state index is 5.97. The molecule has 5 nitrogen and oxygen atoms in total. The Morgan fingerprint density at radius 2 is 2.21 bits per heavy atom. The molecular weight excluding hydrogens is 302 g/mol. The van der Waals surface area contributed by atoms with Crippen LogP contribution in [0.25, 0.3) is 0 Å². The summed E-state index contributed by atoms with van der Waals surface area (Å²) in [7, 11) is 1.91. The SMILES string of the molecule is Cc1nnc(Sc2ccc(Cl)cc2NC(N)=S)n1C. The van der Waals surface area contributed by atoms with E-state index in [1.165, 1.54) is 11.8 Å². The number of rotatable bonds is 3. The van der Waals surface area contributed by atoms with E-state index in [1.54, 1.807) is 12.1 Å². The Labute approximate surface area is 125 Å². The summed E-state index contributed by atoms with van der Waals surface area (Å²) >= 11 is 12.3. The number of aromatic nitrogens is 3. The van der Waals surface area contributed by atoms with E-state index < -0.39 is 0 Å². The largest absolute Gasteiger partial charge is 0.376 e. The summed E-state index contributed by atoms with van der Waals surface area (Å²) < 4.78 is 1.91. The number of anilines is 1. The van der Waals surface area contributed by atoms with Crippen LogP contribution in [0.4, 0.5) is 5.69 Å². The average molecular weight is 314 g/mol. The number of aryl methyl sites for hydroxylation is 1. The Hall–Kier alpha value is -1.31. The van der Waals surface area contributed by atoms with E-state index in [4.69, 9.17) is 29.6 Å². The molecule has 1 aromatic heterocycles. The number of halogens is 1. The third-order valence-corrected chi connectivity index (χ3v) is 3.90. The molecule has 1 heterocycles. The van der Waals surface area contributed by atoms with Gasteiger partial charge in [0, 0.05) is 17.0 Å². The van der Waals surface area contributed by atoms with Crippen LogP contribution in [0, 0.1) is 6.92 Å². The zero-order valence-corrected chi connectivity index (χ0v) is 12.7. The van der Waals surface area contributed by atoms with Gasteiger partial charge in [-0.05, 0) is 49.1 Å². The van der Waals surface area contributed by atoms with E-state index in [0.29, 0.717) is 5.02 Å². The number of nitrogens with zero attached hydrogens (tertiary/aromatic N) is 3. The Morgan fingerprint density at radius 3 is 2.79 bits per heavy atom. The third kappa shape index (κ3) is 3.37. The molecule has 0 aliphatic rings. The van der Waals surface area contributed by atoms with Crippen LogP contribution in [0.2, 0.25) is 5.02 Å². The lowest BCUT2D eigenvalue weighted by Gasteiger charge is -2.10. The first-order chi connectivity index (χ1) is 8.97. The lowest BCUT2D eigenvalue weighted by Crippen LogP contribution is -2.19. The molecule has 0 aliphatic carbocycles. The standard InChI is InChI=1S/C11H12ClN5S2/c1-6-15-16-11(17(6)2)19-9-4-3-7(12)5-8(9)14-10(13)18/h3-5H,1-2H3,(H3,13,14,18). The maximum Gasteiger partial charge on any atom is 0.195 e. The molecule has 0 spiro atoms. The highest BCUT2D eigenvalue weighted by atomic mass is 35.5. The second-order valence-electron chi connectivity index (χ2n) is 3.82. The first-order valence-corrected chi connectivity index (χ1v) is 6.97. The minimum Gasteiger partial charge on any atom is -0.376 e. The predicted octanol–water partition coefficient (Wildman–Crippen LogP) is 2.58. The molecule has 2 aromatic rings. The van der Waals surface area contributed by atoms with Crippen LogP contribution < -0.4 is 11.1 Å². The van der Waals surface area contributed by atoms with Gasteiger partial charge in [0.05, 0.1) is 5.69 Å². The fourth-order valence-electron chi connectivity index (χ4n) is 1.40. The minimum atomic E-state index is 0.193. The molecule has 19 heavy (non-hydrogen) atoms. The first kappa shape index (κ1) is 14.1. The van der Waals surface area contributed by atoms with Crippen molar-refractivity contribution in [3.8, 4) is 0 Å². The van der Waals surface area contributed by atoms with Gasteiger partial charge in [-0.3, -0.25) is 0 Å². The van der Waals surface area contributed by atoms with Gasteiger partial charge in [0.25, 0.3) is 0 Å². The van der Waals surface area contributed by atoms with E-state index in [0.717, 1.165) is 21.6 Å². The molecule has 2 rings (SSSR count). The molecule has 0 bridgehead atoms. The zero-order valence-electron chi connectivity index (χ0n) is 10.3. The van der Waals surface area contributed by atoms with Crippen LogP contribution in [-0.4, -0.2) is 19.9 Å². The molecule has 0 radical (unpaired) electrons. The summed E-state index contributed by atoms with van der Waals surface area (Å²) in [6.45, 7) is 1.90. The van der Waals surface area contributed by atoms with Gasteiger partial charge >= 0.3 is 0 Å². The van der Waals surface area contributed by atoms with Gasteiger partial charge in [0.1, 0.15) is 5.82 Å². The second kappa shape index (κ2) is 5.77. The highest BCUT2D eigenvalue weighted by molar-refractivity contribution is 7.99. The molecular formula is C11H12ClN5S2. The quantitative estimate of drug-likeness (QED) is 0.849. The number of nitrogens with one attached hydrogen (secondary N) is 1. The van der Waals surface area contributed by atoms with Gasteiger partial charge < -0.3 is 15.6 Å². The number of nitrogens with two attached hydrogens (primary N) is 1. The number of thiocarbonyl (C=S) groups is 1. The molecule has 8 heteroatoms. The lowest BCUT2D eigenvalue weighted by atomic mass is 10.3. The van der Waals surface area contributed by atoms with Gasteiger partial charge in [-0.1, -0.05) is 11.6 Å². The number of hydrogen-bond donors (Lipinski definition) is 2. The smallest absolute Gasteiger partial charge is 0.195 e. The van der Waals surface area contributed by atoms with Gasteiger partial charge in [-0.2, -0.15) is 0 Å². The van der Waals surface area contributed by atoms with Crippen molar-refractivity contribution in [1.82, 2.24) is 14.8 Å². The highest BCUT2D eigenvalue weighted by Crippen LogP contribution is 2.34. The summed E-state index contributed by atoms with van der Waals surface area (Å²) in [5.41, 5.74) is 6.26. The predicted molar refractivity (Wildman–Crippen MR) is 81.7 cm³/mol. The monoisotopic (exact) mass is 313 g/mol. The van der Waals surface area contributed by atoms with Crippen LogP contribution in [0.15, 0.2) is 28.3 Å². The van der Waals surface area contributed by atoms with Crippen molar-refractivity contribution in [1.29, 1.82) is 0 Å². The van der Waals surface area contributed by atoms with Gasteiger partial charge in [0.2, 0.25) is 0 Å². The summed E-state index contributed by atoms with van der Waals surface area (Å²) in [5, 5.41) is 12.6. The average Bonchev–Trinajstić information content (AvgIpc) is 2.64. The van der Waals surface area contributed by atoms with E-state index in [2.05, 4.69) is 15.5 Å². The zero-order chi connectivity index (χ0) is 14.0. The molecule has 0 fully saturated rings. The molecule has 0 unspecified atom stereocenters. The van der Waals surface area contributed by atoms with Crippen LogP contribution >= 0.6 is 35.6 Å². The lowest BCUT2D eigenvalue weighted by molar-refractivity contribution is 0.766. The minimum absolute atomic E-state index is 0.193. The van der Waals surface area contributed by atoms with Crippen LogP contribution in [0.1, 0.15) is 5.82 Å². The van der Waals surface area contributed by atoms with Crippen LogP contribution in [0.3, 0.4) is 0 Å². The summed E-state index contributed by atoms with van der Waals surface area (Å²) in [6.07, 6.45) is 0. The number of hydrogen-bond acceptors (Lipinski definition) is 4. The van der Waals surface area contributed by atoms with Crippen molar-refractivity contribution in [2.45, 2.75) is 17.0 Å². The van der Waals surface area contributed by atoms with Crippen molar-refractivity contribution in [3.63, 3.8) is 0 Å². The fraction of sp³-hybridized carbons (Fsp3) is 0.182. The van der Waals surface area contributed by atoms with Crippen molar-refractivity contribution in [2.75, 3.05) is 5.32 Å². The number of benzene rings is 1. The summed E-state index contributed by atoms with van der Waals surface area (Å²) in [5.74, 6) is 0.848. The van der Waals surface area contributed by atoms with Gasteiger partial charge in [-0.25, -0.2) is 0 Å². The molecule has 0 amide bonds. The summed E-state index contributed by atoms with van der Waals surface area (Å²) in [6, 6.07) is 5.46.